The maximum atomic E-state index is 13.6. The van der Waals surface area contributed by atoms with E-state index >= 15 is 0 Å². The molecule has 1 unspecified atom stereocenters. The number of benzene rings is 1. The second-order valence-electron chi connectivity index (χ2n) is 6.75. The van der Waals surface area contributed by atoms with Crippen LogP contribution in [0.4, 0.5) is 8.78 Å². The van der Waals surface area contributed by atoms with Gasteiger partial charge < -0.3 is 24.7 Å². The predicted molar refractivity (Wildman–Crippen MR) is 104 cm³/mol. The fraction of sp³-hybridized carbons (Fsp3) is 0.526. The van der Waals surface area contributed by atoms with Gasteiger partial charge in [-0.25, -0.2) is 13.8 Å². The number of halogens is 2. The van der Waals surface area contributed by atoms with Gasteiger partial charge in [0, 0.05) is 26.3 Å². The van der Waals surface area contributed by atoms with E-state index < -0.39 is 11.6 Å². The van der Waals surface area contributed by atoms with Crippen molar-refractivity contribution in [3.63, 3.8) is 0 Å². The zero-order valence-corrected chi connectivity index (χ0v) is 16.6. The minimum atomic E-state index is -0.729. The molecule has 2 N–H and O–H groups in total. The molecular weight excluding hydrogens is 382 g/mol. The van der Waals surface area contributed by atoms with Crippen LogP contribution in [0.1, 0.15) is 24.5 Å². The second-order valence-corrected chi connectivity index (χ2v) is 6.75. The molecule has 1 aromatic heterocycles. The molecule has 0 radical (unpaired) electrons. The van der Waals surface area contributed by atoms with E-state index in [2.05, 4.69) is 25.8 Å². The van der Waals surface area contributed by atoms with Gasteiger partial charge in [0.25, 0.3) is 0 Å². The summed E-state index contributed by atoms with van der Waals surface area (Å²) in [6.07, 6.45) is 2.22. The summed E-state index contributed by atoms with van der Waals surface area (Å²) in [5.74, 6) is 0.766. The van der Waals surface area contributed by atoms with Gasteiger partial charge in [-0.15, -0.1) is 10.2 Å². The molecule has 1 fully saturated rings. The fourth-order valence-electron chi connectivity index (χ4n) is 2.85. The van der Waals surface area contributed by atoms with E-state index in [1.807, 2.05) is 18.5 Å². The third kappa shape index (κ3) is 6.11. The molecule has 1 aliphatic heterocycles. The average molecular weight is 408 g/mol. The first-order chi connectivity index (χ1) is 14.0. The smallest absolute Gasteiger partial charge is 0.191 e. The molecule has 8 nitrogen and oxygen atoms in total. The molecule has 158 valence electrons. The molecule has 10 heteroatoms. The van der Waals surface area contributed by atoms with E-state index in [-0.39, 0.29) is 18.5 Å². The van der Waals surface area contributed by atoms with Crippen LogP contribution >= 0.6 is 0 Å². The SMILES string of the molecule is Cc1nnc(CN=C(NCCOc2ccc(F)cc2F)NCC2CCCO2)n1C. The van der Waals surface area contributed by atoms with E-state index in [9.17, 15) is 8.78 Å². The number of aliphatic imine (C=N–C) groups is 1. The summed E-state index contributed by atoms with van der Waals surface area (Å²) in [7, 11) is 1.89. The number of guanidine groups is 1. The summed E-state index contributed by atoms with van der Waals surface area (Å²) in [5, 5.41) is 14.5. The first-order valence-electron chi connectivity index (χ1n) is 9.59. The van der Waals surface area contributed by atoms with Crippen LogP contribution in [-0.4, -0.2) is 53.1 Å². The summed E-state index contributed by atoms with van der Waals surface area (Å²) in [5.41, 5.74) is 0. The van der Waals surface area contributed by atoms with Gasteiger partial charge in [-0.3, -0.25) is 0 Å². The number of hydrogen-bond acceptors (Lipinski definition) is 5. The highest BCUT2D eigenvalue weighted by molar-refractivity contribution is 5.79. The minimum absolute atomic E-state index is 0.00793. The quantitative estimate of drug-likeness (QED) is 0.393. The van der Waals surface area contributed by atoms with E-state index in [1.165, 1.54) is 6.07 Å². The van der Waals surface area contributed by atoms with Gasteiger partial charge in [-0.05, 0) is 31.9 Å². The second kappa shape index (κ2) is 10.1. The van der Waals surface area contributed by atoms with Crippen molar-refractivity contribution in [1.29, 1.82) is 0 Å². The van der Waals surface area contributed by atoms with Crippen molar-refractivity contribution < 1.29 is 18.3 Å². The molecule has 1 saturated heterocycles. The van der Waals surface area contributed by atoms with E-state index in [4.69, 9.17) is 9.47 Å². The molecule has 1 atom stereocenters. The summed E-state index contributed by atoms with van der Waals surface area (Å²) in [6.45, 7) is 4.21. The monoisotopic (exact) mass is 408 g/mol. The van der Waals surface area contributed by atoms with E-state index in [1.54, 1.807) is 0 Å². The normalized spacial score (nSPS) is 16.8. The van der Waals surface area contributed by atoms with Crippen LogP contribution in [-0.2, 0) is 18.3 Å². The van der Waals surface area contributed by atoms with Gasteiger partial charge in [-0.2, -0.15) is 0 Å². The lowest BCUT2D eigenvalue weighted by atomic mass is 10.2. The first kappa shape index (κ1) is 21.0. The Morgan fingerprint density at radius 2 is 2.21 bits per heavy atom. The Balaban J connectivity index is 1.53. The molecule has 0 bridgehead atoms. The Bertz CT molecular complexity index is 836. The zero-order valence-electron chi connectivity index (χ0n) is 16.6. The van der Waals surface area contributed by atoms with Crippen LogP contribution in [0, 0.1) is 18.6 Å². The summed E-state index contributed by atoms with van der Waals surface area (Å²) >= 11 is 0. The molecule has 2 heterocycles. The molecule has 0 spiro atoms. The van der Waals surface area contributed by atoms with E-state index in [0.717, 1.165) is 43.2 Å². The number of aromatic nitrogens is 3. The van der Waals surface area contributed by atoms with Crippen molar-refractivity contribution in [3.8, 4) is 5.75 Å². The number of rotatable bonds is 8. The Morgan fingerprint density at radius 3 is 2.90 bits per heavy atom. The van der Waals surface area contributed by atoms with Crippen molar-refractivity contribution in [2.24, 2.45) is 12.0 Å². The highest BCUT2D eigenvalue weighted by Crippen LogP contribution is 2.17. The van der Waals surface area contributed by atoms with Crippen molar-refractivity contribution in [1.82, 2.24) is 25.4 Å². The topological polar surface area (TPSA) is 85.6 Å². The third-order valence-corrected chi connectivity index (χ3v) is 4.63. The van der Waals surface area contributed by atoms with Gasteiger partial charge in [0.05, 0.1) is 12.6 Å². The van der Waals surface area contributed by atoms with Crippen LogP contribution in [0.3, 0.4) is 0 Å². The minimum Gasteiger partial charge on any atom is -0.489 e. The van der Waals surface area contributed by atoms with E-state index in [0.29, 0.717) is 25.6 Å². The predicted octanol–water partition coefficient (Wildman–Crippen LogP) is 1.69. The van der Waals surface area contributed by atoms with Crippen molar-refractivity contribution in [2.75, 3.05) is 26.3 Å². The molecule has 2 aromatic rings. The molecule has 3 rings (SSSR count). The zero-order chi connectivity index (χ0) is 20.6. The molecule has 0 saturated carbocycles. The molecule has 0 amide bonds. The Kier molecular flexibility index (Phi) is 7.34. The molecule has 1 aliphatic rings. The Morgan fingerprint density at radius 1 is 1.34 bits per heavy atom. The summed E-state index contributed by atoms with van der Waals surface area (Å²) in [6, 6.07) is 3.22. The maximum Gasteiger partial charge on any atom is 0.191 e. The summed E-state index contributed by atoms with van der Waals surface area (Å²) in [4.78, 5) is 4.54. The number of ether oxygens (including phenoxy) is 2. The highest BCUT2D eigenvalue weighted by Gasteiger charge is 2.16. The lowest BCUT2D eigenvalue weighted by Gasteiger charge is -2.16. The highest BCUT2D eigenvalue weighted by atomic mass is 19.1. The molecule has 1 aromatic carbocycles. The first-order valence-corrected chi connectivity index (χ1v) is 9.59. The third-order valence-electron chi connectivity index (χ3n) is 4.63. The maximum absolute atomic E-state index is 13.6. The fourth-order valence-corrected chi connectivity index (χ4v) is 2.85. The van der Waals surface area contributed by atoms with Crippen LogP contribution in [0.2, 0.25) is 0 Å². The van der Waals surface area contributed by atoms with Crippen molar-refractivity contribution >= 4 is 5.96 Å². The lowest BCUT2D eigenvalue weighted by Crippen LogP contribution is -2.42. The van der Waals surface area contributed by atoms with Gasteiger partial charge in [-0.1, -0.05) is 0 Å². The van der Waals surface area contributed by atoms with Crippen LogP contribution in [0.25, 0.3) is 0 Å². The number of nitrogens with one attached hydrogen (secondary N) is 2. The Labute approximate surface area is 168 Å². The van der Waals surface area contributed by atoms with Crippen LogP contribution in [0.15, 0.2) is 23.2 Å². The average Bonchev–Trinajstić information content (AvgIpc) is 3.33. The molecule has 29 heavy (non-hydrogen) atoms. The standard InChI is InChI=1S/C19H26F2N6O2/c1-13-25-26-18(27(13)2)12-24-19(23-11-15-4-3-8-28-15)22-7-9-29-17-6-5-14(20)10-16(17)21/h5-6,10,15H,3-4,7-9,11-12H2,1-2H3,(H2,22,23,24). The summed E-state index contributed by atoms with van der Waals surface area (Å²) < 4.78 is 39.5. The molecule has 0 aliphatic carbocycles. The number of nitrogens with zero attached hydrogens (tertiary/aromatic N) is 4. The molecular formula is C19H26F2N6O2. The van der Waals surface area contributed by atoms with Crippen molar-refractivity contribution in [3.05, 3.63) is 41.5 Å². The lowest BCUT2D eigenvalue weighted by molar-refractivity contribution is 0.113. The number of aryl methyl sites for hydroxylation is 1. The van der Waals surface area contributed by atoms with Gasteiger partial charge >= 0.3 is 0 Å². The van der Waals surface area contributed by atoms with Gasteiger partial charge in [0.1, 0.15) is 24.8 Å². The van der Waals surface area contributed by atoms with Crippen LogP contribution < -0.4 is 15.4 Å². The van der Waals surface area contributed by atoms with Gasteiger partial charge in [0.15, 0.2) is 23.4 Å². The van der Waals surface area contributed by atoms with Crippen molar-refractivity contribution in [2.45, 2.75) is 32.4 Å². The van der Waals surface area contributed by atoms with Gasteiger partial charge in [0.2, 0.25) is 0 Å². The Hall–Kier alpha value is -2.75. The number of hydrogen-bond donors (Lipinski definition) is 2. The van der Waals surface area contributed by atoms with Crippen LogP contribution in [0.5, 0.6) is 5.75 Å². The largest absolute Gasteiger partial charge is 0.489 e.